The molecule has 0 saturated carbocycles. The third-order valence-electron chi connectivity index (χ3n) is 6.85. The molecule has 0 bridgehead atoms. The lowest BCUT2D eigenvalue weighted by Crippen LogP contribution is -2.59. The molecule has 0 fully saturated rings. The number of nitrogens with zero attached hydrogens (tertiary/aromatic N) is 1. The van der Waals surface area contributed by atoms with E-state index in [9.17, 15) is 28.8 Å². The number of ether oxygens (including phenoxy) is 7. The number of aliphatic carboxylic acids is 3. The van der Waals surface area contributed by atoms with Gasteiger partial charge in [0.15, 0.2) is 0 Å². The monoisotopic (exact) mass is 714 g/mol. The Morgan fingerprint density at radius 2 is 0.900 bits per heavy atom. The van der Waals surface area contributed by atoms with Gasteiger partial charge in [0.2, 0.25) is 5.91 Å². The zero-order valence-corrected chi connectivity index (χ0v) is 27.8. The first kappa shape index (κ1) is 42.1. The average molecular weight is 715 g/mol. The second-order valence-corrected chi connectivity index (χ2v) is 10.9. The molecule has 18 nitrogen and oxygen atoms in total. The van der Waals surface area contributed by atoms with Crippen LogP contribution in [-0.2, 0) is 52.3 Å². The van der Waals surface area contributed by atoms with Crippen molar-refractivity contribution in [2.24, 2.45) is 0 Å². The van der Waals surface area contributed by atoms with Crippen LogP contribution in [0.5, 0.6) is 0 Å². The van der Waals surface area contributed by atoms with E-state index in [4.69, 9.17) is 48.5 Å². The molecule has 1 aliphatic heterocycles. The van der Waals surface area contributed by atoms with Crippen molar-refractivity contribution in [2.75, 3.05) is 99.0 Å². The van der Waals surface area contributed by atoms with Crippen molar-refractivity contribution in [1.82, 2.24) is 10.2 Å². The summed E-state index contributed by atoms with van der Waals surface area (Å²) in [7, 11) is 0. The minimum atomic E-state index is -1.36. The van der Waals surface area contributed by atoms with Gasteiger partial charge >= 0.3 is 17.9 Å². The van der Waals surface area contributed by atoms with Gasteiger partial charge in [-0.15, -0.1) is 0 Å². The van der Waals surface area contributed by atoms with Crippen LogP contribution < -0.4 is 5.32 Å². The molecular weight excluding hydrogens is 668 g/mol. The number of hydrogen-bond acceptors (Lipinski definition) is 13. The van der Waals surface area contributed by atoms with Crippen molar-refractivity contribution in [3.8, 4) is 0 Å². The summed E-state index contributed by atoms with van der Waals surface area (Å²) in [6.45, 7) is 0.645. The molecule has 4 N–H and O–H groups in total. The molecule has 2 rings (SSSR count). The molecule has 3 amide bonds. The summed E-state index contributed by atoms with van der Waals surface area (Å²) >= 11 is 0. The molecule has 0 saturated heterocycles. The Hall–Kier alpha value is -4.04. The van der Waals surface area contributed by atoms with Gasteiger partial charge in [-0.1, -0.05) is 12.1 Å². The van der Waals surface area contributed by atoms with Gasteiger partial charge in [0.1, 0.15) is 5.54 Å². The number of carboxylic acid groups (broad SMARTS) is 3. The van der Waals surface area contributed by atoms with Gasteiger partial charge in [0, 0.05) is 6.42 Å². The molecule has 1 aliphatic rings. The molecule has 1 aromatic rings. The average Bonchev–Trinajstić information content (AvgIpc) is 3.31. The van der Waals surface area contributed by atoms with E-state index in [0.717, 1.165) is 4.90 Å². The number of imide groups is 1. The van der Waals surface area contributed by atoms with E-state index in [1.165, 1.54) is 0 Å². The van der Waals surface area contributed by atoms with Crippen LogP contribution in [0, 0.1) is 0 Å². The lowest BCUT2D eigenvalue weighted by molar-refractivity contribution is -0.140. The Bertz CT molecular complexity index is 1150. The summed E-state index contributed by atoms with van der Waals surface area (Å²) in [5.74, 6) is -4.43. The fourth-order valence-electron chi connectivity index (χ4n) is 4.40. The minimum absolute atomic E-state index is 0.0272. The Morgan fingerprint density at radius 1 is 0.540 bits per heavy atom. The highest BCUT2D eigenvalue weighted by atomic mass is 16.6. The van der Waals surface area contributed by atoms with Crippen LogP contribution in [0.1, 0.15) is 46.4 Å². The van der Waals surface area contributed by atoms with E-state index in [1.54, 1.807) is 24.3 Å². The van der Waals surface area contributed by atoms with Crippen molar-refractivity contribution in [3.05, 3.63) is 35.4 Å². The van der Waals surface area contributed by atoms with Crippen LogP contribution in [-0.4, -0.2) is 160 Å². The second kappa shape index (κ2) is 24.2. The van der Waals surface area contributed by atoms with Gasteiger partial charge in [-0.05, 0) is 12.1 Å². The predicted octanol–water partition coefficient (Wildman–Crippen LogP) is 0.0680. The zero-order valence-electron chi connectivity index (χ0n) is 27.8. The lowest BCUT2D eigenvalue weighted by atomic mass is 10.0. The number of benzene rings is 1. The van der Waals surface area contributed by atoms with Crippen molar-refractivity contribution >= 4 is 35.6 Å². The normalized spacial score (nSPS) is 12.7. The zero-order chi connectivity index (χ0) is 36.6. The highest BCUT2D eigenvalue weighted by molar-refractivity contribution is 6.21. The topological polar surface area (TPSA) is 243 Å². The predicted molar refractivity (Wildman–Crippen MR) is 170 cm³/mol. The lowest BCUT2D eigenvalue weighted by Gasteiger charge is -2.34. The number of hydrogen-bond donors (Lipinski definition) is 4. The summed E-state index contributed by atoms with van der Waals surface area (Å²) in [5, 5.41) is 29.4. The number of carbonyl (C=O) groups is 6. The Morgan fingerprint density at radius 3 is 1.30 bits per heavy atom. The summed E-state index contributed by atoms with van der Waals surface area (Å²) in [5.41, 5.74) is -0.576. The maximum atomic E-state index is 12.8. The van der Waals surface area contributed by atoms with Crippen LogP contribution >= 0.6 is 0 Å². The quantitative estimate of drug-likeness (QED) is 0.0587. The third kappa shape index (κ3) is 17.1. The van der Waals surface area contributed by atoms with Gasteiger partial charge in [-0.25, -0.2) is 0 Å². The largest absolute Gasteiger partial charge is 0.481 e. The summed E-state index contributed by atoms with van der Waals surface area (Å²) in [6.07, 6.45) is -0.992. The van der Waals surface area contributed by atoms with E-state index in [0.29, 0.717) is 24.3 Å². The Labute approximate surface area is 288 Å². The van der Waals surface area contributed by atoms with Crippen LogP contribution in [0.4, 0.5) is 0 Å². The Kier molecular flexibility index (Phi) is 20.4. The van der Waals surface area contributed by atoms with Crippen molar-refractivity contribution in [3.63, 3.8) is 0 Å². The number of carboxylic acids is 3. The number of carbonyl (C=O) groups excluding carboxylic acids is 3. The highest BCUT2D eigenvalue weighted by Crippen LogP contribution is 2.21. The minimum Gasteiger partial charge on any atom is -0.481 e. The van der Waals surface area contributed by atoms with Crippen molar-refractivity contribution < 1.29 is 77.2 Å². The van der Waals surface area contributed by atoms with Crippen molar-refractivity contribution in [2.45, 2.75) is 31.2 Å². The number of fused-ring (bicyclic) bond motifs is 1. The maximum Gasteiger partial charge on any atom is 0.305 e. The van der Waals surface area contributed by atoms with E-state index in [-0.39, 0.29) is 123 Å². The maximum absolute atomic E-state index is 12.8. The summed E-state index contributed by atoms with van der Waals surface area (Å²) in [4.78, 5) is 71.2. The molecule has 0 unspecified atom stereocenters. The van der Waals surface area contributed by atoms with Crippen LogP contribution in [0.2, 0.25) is 0 Å². The van der Waals surface area contributed by atoms with Gasteiger partial charge < -0.3 is 53.8 Å². The third-order valence-corrected chi connectivity index (χ3v) is 6.85. The van der Waals surface area contributed by atoms with E-state index >= 15 is 0 Å². The standard InChI is InChI=1S/C32H46N2O16/c35-26(33-32(21-48-11-6-27(36)37,22-49-12-7-28(38)39)23-50-13-8-29(40)41)5-10-44-15-17-46-19-20-47-18-16-45-14-9-34-30(42)24-3-1-2-4-25(24)31(34)43/h1-4H,5-23H2,(H,33,35)(H,36,37)(H,38,39)(H,40,41). The number of nitrogens with one attached hydrogen (secondary N) is 1. The molecule has 280 valence electrons. The highest BCUT2D eigenvalue weighted by Gasteiger charge is 2.35. The first-order valence-corrected chi connectivity index (χ1v) is 16.0. The van der Waals surface area contributed by atoms with E-state index in [2.05, 4.69) is 5.32 Å². The molecule has 0 atom stereocenters. The molecule has 0 spiro atoms. The van der Waals surface area contributed by atoms with Crippen LogP contribution in [0.15, 0.2) is 24.3 Å². The second-order valence-electron chi connectivity index (χ2n) is 10.9. The van der Waals surface area contributed by atoms with Gasteiger partial charge in [-0.3, -0.25) is 33.7 Å². The van der Waals surface area contributed by atoms with Crippen molar-refractivity contribution in [1.29, 1.82) is 0 Å². The van der Waals surface area contributed by atoms with E-state index < -0.39 is 29.4 Å². The molecule has 1 aromatic carbocycles. The smallest absolute Gasteiger partial charge is 0.305 e. The Balaban J connectivity index is 1.60. The molecule has 0 aromatic heterocycles. The molecule has 50 heavy (non-hydrogen) atoms. The van der Waals surface area contributed by atoms with Gasteiger partial charge in [-0.2, -0.15) is 0 Å². The number of amides is 3. The summed E-state index contributed by atoms with van der Waals surface area (Å²) in [6, 6.07) is 6.66. The van der Waals surface area contributed by atoms with Gasteiger partial charge in [0.25, 0.3) is 11.8 Å². The molecule has 1 heterocycles. The fourth-order valence-corrected chi connectivity index (χ4v) is 4.40. The molecule has 18 heteroatoms. The summed E-state index contributed by atoms with van der Waals surface area (Å²) < 4.78 is 38.1. The van der Waals surface area contributed by atoms with Crippen LogP contribution in [0.3, 0.4) is 0 Å². The molecule has 0 radical (unpaired) electrons. The first-order valence-electron chi connectivity index (χ1n) is 16.0. The number of rotatable bonds is 31. The molecule has 0 aliphatic carbocycles. The van der Waals surface area contributed by atoms with Crippen LogP contribution in [0.25, 0.3) is 0 Å². The van der Waals surface area contributed by atoms with Gasteiger partial charge in [0.05, 0.1) is 129 Å². The first-order chi connectivity index (χ1) is 24.0. The molecular formula is C32H46N2O16. The van der Waals surface area contributed by atoms with E-state index in [1.807, 2.05) is 0 Å². The fraction of sp³-hybridized carbons (Fsp3) is 0.625. The SMILES string of the molecule is O=C(O)CCOCC(COCCC(=O)O)(COCCC(=O)O)NC(=O)CCOCCOCCOCCOCCN1C(=O)c2ccccc2C1=O.